The third kappa shape index (κ3) is 62.6. The Labute approximate surface area is 530 Å². The number of ether oxygens (including phenoxy) is 4. The molecule has 0 aromatic heterocycles. The zero-order valence-electron chi connectivity index (χ0n) is 56.3. The number of phosphoric ester groups is 2. The van der Waals surface area contributed by atoms with E-state index in [2.05, 4.69) is 41.5 Å². The summed E-state index contributed by atoms with van der Waals surface area (Å²) in [6, 6.07) is 0. The number of carbonyl (C=O) groups excluding carboxylic acids is 4. The molecule has 19 heteroatoms. The van der Waals surface area contributed by atoms with Crippen LogP contribution in [0.25, 0.3) is 0 Å². The molecule has 5 atom stereocenters. The number of hydrogen-bond donors (Lipinski definition) is 3. The van der Waals surface area contributed by atoms with Crippen molar-refractivity contribution < 1.29 is 80.2 Å². The second-order valence-electron chi connectivity index (χ2n) is 25.5. The minimum Gasteiger partial charge on any atom is -0.462 e. The third-order valence-electron chi connectivity index (χ3n) is 15.7. The zero-order chi connectivity index (χ0) is 64.3. The number of phosphoric acid groups is 2. The Kier molecular flexibility index (Phi) is 59.0. The normalized spacial score (nSPS) is 14.2. The molecule has 17 nitrogen and oxygen atoms in total. The molecule has 87 heavy (non-hydrogen) atoms. The first-order valence-corrected chi connectivity index (χ1v) is 38.5. The molecule has 0 aromatic carbocycles. The summed E-state index contributed by atoms with van der Waals surface area (Å²) in [7, 11) is -9.89. The van der Waals surface area contributed by atoms with E-state index < -0.39 is 97.5 Å². The van der Waals surface area contributed by atoms with Crippen LogP contribution in [0.5, 0.6) is 0 Å². The lowest BCUT2D eigenvalue weighted by molar-refractivity contribution is -0.161. The minimum absolute atomic E-state index is 0.106. The first kappa shape index (κ1) is 85.1. The Morgan fingerprint density at radius 1 is 0.310 bits per heavy atom. The van der Waals surface area contributed by atoms with E-state index in [1.807, 2.05) is 0 Å². The first-order valence-electron chi connectivity index (χ1n) is 35.5. The molecule has 2 unspecified atom stereocenters. The van der Waals surface area contributed by atoms with E-state index in [-0.39, 0.29) is 25.7 Å². The van der Waals surface area contributed by atoms with Crippen molar-refractivity contribution in [2.45, 2.75) is 362 Å². The lowest BCUT2D eigenvalue weighted by Crippen LogP contribution is -2.30. The number of unbranched alkanes of at least 4 members (excludes halogenated alkanes) is 37. The fourth-order valence-corrected chi connectivity index (χ4v) is 11.8. The Bertz CT molecular complexity index is 1700. The largest absolute Gasteiger partial charge is 0.472 e. The number of aliphatic hydroxyl groups is 1. The van der Waals surface area contributed by atoms with Gasteiger partial charge in [0.1, 0.15) is 19.3 Å². The predicted octanol–water partition coefficient (Wildman–Crippen LogP) is 19.2. The van der Waals surface area contributed by atoms with E-state index in [0.717, 1.165) is 102 Å². The maximum absolute atomic E-state index is 13.0. The van der Waals surface area contributed by atoms with Crippen molar-refractivity contribution in [3.8, 4) is 0 Å². The van der Waals surface area contributed by atoms with Crippen molar-refractivity contribution in [1.29, 1.82) is 0 Å². The van der Waals surface area contributed by atoms with Crippen molar-refractivity contribution in [3.05, 3.63) is 0 Å². The number of rotatable bonds is 67. The van der Waals surface area contributed by atoms with Gasteiger partial charge in [0, 0.05) is 25.7 Å². The van der Waals surface area contributed by atoms with Crippen LogP contribution in [-0.4, -0.2) is 96.7 Å². The van der Waals surface area contributed by atoms with Gasteiger partial charge in [0.15, 0.2) is 12.2 Å². The van der Waals surface area contributed by atoms with Crippen LogP contribution in [0.2, 0.25) is 0 Å². The van der Waals surface area contributed by atoms with Gasteiger partial charge in [-0.25, -0.2) is 9.13 Å². The molecule has 0 saturated carbocycles. The molecular formula is C68H132O17P2. The Hall–Kier alpha value is -1.94. The Morgan fingerprint density at radius 2 is 0.529 bits per heavy atom. The van der Waals surface area contributed by atoms with E-state index in [1.165, 1.54) is 161 Å². The lowest BCUT2D eigenvalue weighted by Gasteiger charge is -2.21. The van der Waals surface area contributed by atoms with Gasteiger partial charge in [-0.15, -0.1) is 0 Å². The minimum atomic E-state index is -4.95. The van der Waals surface area contributed by atoms with Crippen LogP contribution in [-0.2, 0) is 65.4 Å². The highest BCUT2D eigenvalue weighted by Crippen LogP contribution is 2.45. The number of carbonyl (C=O) groups is 4. The number of aliphatic hydroxyl groups excluding tert-OH is 1. The van der Waals surface area contributed by atoms with Crippen LogP contribution in [0, 0.1) is 11.8 Å². The fraction of sp³-hybridized carbons (Fsp3) is 0.941. The van der Waals surface area contributed by atoms with Crippen LogP contribution in [0.15, 0.2) is 0 Å². The van der Waals surface area contributed by atoms with Crippen LogP contribution in [0.3, 0.4) is 0 Å². The summed E-state index contributed by atoms with van der Waals surface area (Å²) in [4.78, 5) is 72.4. The van der Waals surface area contributed by atoms with E-state index in [1.54, 1.807) is 0 Å². The molecule has 0 aromatic rings. The maximum Gasteiger partial charge on any atom is 0.472 e. The average molecular weight is 1280 g/mol. The molecule has 0 heterocycles. The Morgan fingerprint density at radius 3 is 0.782 bits per heavy atom. The van der Waals surface area contributed by atoms with Crippen molar-refractivity contribution in [1.82, 2.24) is 0 Å². The molecule has 0 bridgehead atoms. The van der Waals surface area contributed by atoms with Gasteiger partial charge >= 0.3 is 39.5 Å². The second-order valence-corrected chi connectivity index (χ2v) is 28.4. The smallest absolute Gasteiger partial charge is 0.462 e. The Balaban J connectivity index is 5.24. The van der Waals surface area contributed by atoms with Crippen molar-refractivity contribution in [2.24, 2.45) is 11.8 Å². The van der Waals surface area contributed by atoms with Crippen LogP contribution in [0.4, 0.5) is 0 Å². The van der Waals surface area contributed by atoms with Gasteiger partial charge in [-0.05, 0) is 37.5 Å². The van der Waals surface area contributed by atoms with Crippen LogP contribution in [0.1, 0.15) is 343 Å². The summed E-state index contributed by atoms with van der Waals surface area (Å²) < 4.78 is 68.2. The molecule has 0 aliphatic carbocycles. The van der Waals surface area contributed by atoms with Gasteiger partial charge in [-0.1, -0.05) is 292 Å². The quantitative estimate of drug-likeness (QED) is 0.0222. The molecule has 0 rings (SSSR count). The molecule has 0 spiro atoms. The topological polar surface area (TPSA) is 237 Å². The van der Waals surface area contributed by atoms with Crippen molar-refractivity contribution in [2.75, 3.05) is 39.6 Å². The van der Waals surface area contributed by atoms with Crippen LogP contribution >= 0.6 is 15.6 Å². The molecule has 0 amide bonds. The summed E-state index contributed by atoms with van der Waals surface area (Å²) in [6.45, 7) is 9.50. The van der Waals surface area contributed by atoms with Crippen LogP contribution < -0.4 is 0 Å². The molecular weight excluding hydrogens is 1150 g/mol. The first-order chi connectivity index (χ1) is 41.9. The van der Waals surface area contributed by atoms with Gasteiger partial charge in [0.2, 0.25) is 0 Å². The fourth-order valence-electron chi connectivity index (χ4n) is 10.2. The lowest BCUT2D eigenvalue weighted by atomic mass is 10.0. The number of esters is 4. The molecule has 516 valence electrons. The molecule has 0 aliphatic heterocycles. The highest BCUT2D eigenvalue weighted by atomic mass is 31.2. The summed E-state index contributed by atoms with van der Waals surface area (Å²) >= 11 is 0. The SMILES string of the molecule is CCCCCCCCCCCCCCC(=O)O[C@H](COC(=O)CCCCCCCCCCC)COP(=O)(O)OC[C@H](O)COP(=O)(O)OC[C@@H](COC(=O)CCCCCCCCCCCCC(C)C)OC(=O)CCCCCCCCCCCCC(C)C. The highest BCUT2D eigenvalue weighted by molar-refractivity contribution is 7.47. The number of hydrogen-bond acceptors (Lipinski definition) is 15. The molecule has 3 N–H and O–H groups in total. The third-order valence-corrected chi connectivity index (χ3v) is 17.6. The molecule has 0 aliphatic rings. The standard InChI is InChI=1S/C68H132O17P2/c1-7-9-11-13-15-17-18-19-28-34-40-46-52-67(72)84-63(56-78-65(70)50-44-38-32-24-16-14-12-10-8-2)58-82-86(74,75)80-54-62(69)55-81-87(76,77)83-59-64(85-68(73)53-47-41-35-29-23-21-26-31-37-43-49-61(5)6)57-79-66(71)51-45-39-33-27-22-20-25-30-36-42-48-60(3)4/h60-64,69H,7-59H2,1-6H3,(H,74,75)(H,76,77)/t62-,63+,64+/m0/s1. The summed E-state index contributed by atoms with van der Waals surface area (Å²) in [5.41, 5.74) is 0. The van der Waals surface area contributed by atoms with Gasteiger partial charge in [0.25, 0.3) is 0 Å². The summed E-state index contributed by atoms with van der Waals surface area (Å²) in [6.07, 6.45) is 44.3. The average Bonchev–Trinajstić information content (AvgIpc) is 3.52. The zero-order valence-corrected chi connectivity index (χ0v) is 58.1. The van der Waals surface area contributed by atoms with E-state index >= 15 is 0 Å². The molecule has 0 fully saturated rings. The van der Waals surface area contributed by atoms with E-state index in [9.17, 15) is 43.2 Å². The summed E-state index contributed by atoms with van der Waals surface area (Å²) in [5, 5.41) is 10.6. The maximum atomic E-state index is 13.0. The molecule has 0 radical (unpaired) electrons. The van der Waals surface area contributed by atoms with Crippen molar-refractivity contribution >= 4 is 39.5 Å². The van der Waals surface area contributed by atoms with Crippen molar-refractivity contribution in [3.63, 3.8) is 0 Å². The monoisotopic (exact) mass is 1280 g/mol. The van der Waals surface area contributed by atoms with Gasteiger partial charge in [-0.3, -0.25) is 37.3 Å². The second kappa shape index (κ2) is 60.3. The van der Waals surface area contributed by atoms with E-state index in [4.69, 9.17) is 37.0 Å². The predicted molar refractivity (Wildman–Crippen MR) is 349 cm³/mol. The highest BCUT2D eigenvalue weighted by Gasteiger charge is 2.30. The summed E-state index contributed by atoms with van der Waals surface area (Å²) in [5.74, 6) is -0.616. The van der Waals surface area contributed by atoms with Gasteiger partial charge in [-0.2, -0.15) is 0 Å². The van der Waals surface area contributed by atoms with Gasteiger partial charge < -0.3 is 33.8 Å². The van der Waals surface area contributed by atoms with Gasteiger partial charge in [0.05, 0.1) is 26.4 Å². The molecule has 0 saturated heterocycles. The van der Waals surface area contributed by atoms with E-state index in [0.29, 0.717) is 25.7 Å².